The van der Waals surface area contributed by atoms with Gasteiger partial charge in [0.1, 0.15) is 0 Å². The van der Waals surface area contributed by atoms with Gasteiger partial charge in [0.25, 0.3) is 0 Å². The second-order valence-corrected chi connectivity index (χ2v) is 7.75. The normalized spacial score (nSPS) is 16.8. The molecule has 5 nitrogen and oxygen atoms in total. The molecule has 0 bridgehead atoms. The van der Waals surface area contributed by atoms with Gasteiger partial charge in [0.05, 0.1) is 19.1 Å². The largest absolute Gasteiger partial charge is 0.493 e. The third-order valence-corrected chi connectivity index (χ3v) is 6.48. The minimum atomic E-state index is -3.53. The number of sulfonamides is 1. The van der Waals surface area contributed by atoms with E-state index in [4.69, 9.17) is 9.47 Å². The third kappa shape index (κ3) is 3.22. The fourth-order valence-electron chi connectivity index (χ4n) is 3.04. The summed E-state index contributed by atoms with van der Waals surface area (Å²) in [4.78, 5) is 0.290. The van der Waals surface area contributed by atoms with Crippen LogP contribution in [0.1, 0.15) is 37.7 Å². The lowest BCUT2D eigenvalue weighted by molar-refractivity contribution is 0.285. The van der Waals surface area contributed by atoms with E-state index in [1.165, 1.54) is 17.8 Å². The summed E-state index contributed by atoms with van der Waals surface area (Å²) in [5.74, 6) is 0.975. The van der Waals surface area contributed by atoms with Crippen molar-refractivity contribution in [2.45, 2.75) is 50.0 Å². The third-order valence-electron chi connectivity index (χ3n) is 4.43. The van der Waals surface area contributed by atoms with Crippen LogP contribution in [0, 0.1) is 6.92 Å². The summed E-state index contributed by atoms with van der Waals surface area (Å²) in [5, 5.41) is 0. The van der Waals surface area contributed by atoms with Crippen molar-refractivity contribution in [2.75, 3.05) is 21.3 Å². The number of hydrogen-bond donors (Lipinski definition) is 0. The second-order valence-electron chi connectivity index (χ2n) is 5.79. The maximum Gasteiger partial charge on any atom is 0.243 e. The molecule has 22 heavy (non-hydrogen) atoms. The molecular formula is C16H25NO4S. The first-order valence-corrected chi connectivity index (χ1v) is 9.06. The van der Waals surface area contributed by atoms with Gasteiger partial charge in [-0.15, -0.1) is 0 Å². The molecule has 1 saturated carbocycles. The first-order valence-electron chi connectivity index (χ1n) is 7.62. The van der Waals surface area contributed by atoms with Gasteiger partial charge in [0, 0.05) is 19.2 Å². The monoisotopic (exact) mass is 327 g/mol. The Morgan fingerprint density at radius 1 is 1.05 bits per heavy atom. The van der Waals surface area contributed by atoms with Crippen LogP contribution in [0.25, 0.3) is 0 Å². The lowest BCUT2D eigenvalue weighted by atomic mass is 9.96. The molecule has 1 aromatic carbocycles. The van der Waals surface area contributed by atoms with Crippen molar-refractivity contribution in [3.05, 3.63) is 17.7 Å². The van der Waals surface area contributed by atoms with Crippen LogP contribution in [0.4, 0.5) is 0 Å². The van der Waals surface area contributed by atoms with Crippen molar-refractivity contribution in [2.24, 2.45) is 0 Å². The number of benzene rings is 1. The van der Waals surface area contributed by atoms with Gasteiger partial charge in [-0.05, 0) is 31.4 Å². The molecule has 0 spiro atoms. The highest BCUT2D eigenvalue weighted by Crippen LogP contribution is 2.35. The molecule has 6 heteroatoms. The summed E-state index contributed by atoms with van der Waals surface area (Å²) in [7, 11) is 1.20. The molecule has 1 aliphatic carbocycles. The summed E-state index contributed by atoms with van der Waals surface area (Å²) in [6.45, 7) is 1.78. The van der Waals surface area contributed by atoms with Crippen molar-refractivity contribution < 1.29 is 17.9 Å². The lowest BCUT2D eigenvalue weighted by Gasteiger charge is -2.31. The summed E-state index contributed by atoms with van der Waals surface area (Å²) < 4.78 is 37.9. The van der Waals surface area contributed by atoms with E-state index in [-0.39, 0.29) is 6.04 Å². The van der Waals surface area contributed by atoms with Gasteiger partial charge in [-0.2, -0.15) is 4.31 Å². The van der Waals surface area contributed by atoms with E-state index in [9.17, 15) is 8.42 Å². The van der Waals surface area contributed by atoms with Crippen molar-refractivity contribution in [3.63, 3.8) is 0 Å². The summed E-state index contributed by atoms with van der Waals surface area (Å²) in [5.41, 5.74) is 0.667. The van der Waals surface area contributed by atoms with E-state index in [1.54, 1.807) is 33.2 Å². The molecule has 1 aliphatic rings. The zero-order chi connectivity index (χ0) is 16.3. The van der Waals surface area contributed by atoms with Crippen LogP contribution in [0.15, 0.2) is 17.0 Å². The Bertz CT molecular complexity index is 621. The van der Waals surface area contributed by atoms with E-state index in [1.807, 2.05) is 0 Å². The van der Waals surface area contributed by atoms with Crippen molar-refractivity contribution in [3.8, 4) is 11.5 Å². The molecule has 0 unspecified atom stereocenters. The minimum Gasteiger partial charge on any atom is -0.493 e. The molecule has 0 aromatic heterocycles. The zero-order valence-corrected chi connectivity index (χ0v) is 14.6. The highest BCUT2D eigenvalue weighted by Gasteiger charge is 2.31. The van der Waals surface area contributed by atoms with Gasteiger partial charge < -0.3 is 9.47 Å². The quantitative estimate of drug-likeness (QED) is 0.834. The molecule has 0 radical (unpaired) electrons. The van der Waals surface area contributed by atoms with Gasteiger partial charge in [-0.1, -0.05) is 19.3 Å². The van der Waals surface area contributed by atoms with E-state index in [0.717, 1.165) is 25.7 Å². The fraction of sp³-hybridized carbons (Fsp3) is 0.625. The summed E-state index contributed by atoms with van der Waals surface area (Å²) >= 11 is 0. The van der Waals surface area contributed by atoms with E-state index < -0.39 is 10.0 Å². The molecule has 2 rings (SSSR count). The van der Waals surface area contributed by atoms with Crippen molar-refractivity contribution in [1.82, 2.24) is 4.31 Å². The summed E-state index contributed by atoms with van der Waals surface area (Å²) in [6.07, 6.45) is 5.24. The van der Waals surface area contributed by atoms with Gasteiger partial charge >= 0.3 is 0 Å². The zero-order valence-electron chi connectivity index (χ0n) is 13.8. The van der Waals surface area contributed by atoms with Crippen LogP contribution in [0.2, 0.25) is 0 Å². The highest BCUT2D eigenvalue weighted by atomic mass is 32.2. The number of aryl methyl sites for hydroxylation is 1. The molecule has 0 heterocycles. The van der Waals surface area contributed by atoms with E-state index in [2.05, 4.69) is 0 Å². The Morgan fingerprint density at radius 3 is 2.14 bits per heavy atom. The van der Waals surface area contributed by atoms with Crippen LogP contribution in [-0.2, 0) is 10.0 Å². The molecule has 1 fully saturated rings. The lowest BCUT2D eigenvalue weighted by Crippen LogP contribution is -2.38. The fourth-order valence-corrected chi connectivity index (χ4v) is 4.67. The molecule has 0 N–H and O–H groups in total. The van der Waals surface area contributed by atoms with Crippen LogP contribution in [0.5, 0.6) is 11.5 Å². The molecule has 0 aliphatic heterocycles. The Labute approximate surface area is 133 Å². The number of methoxy groups -OCH3 is 2. The molecule has 1 aromatic rings. The smallest absolute Gasteiger partial charge is 0.243 e. The van der Waals surface area contributed by atoms with E-state index >= 15 is 0 Å². The molecule has 0 amide bonds. The van der Waals surface area contributed by atoms with Gasteiger partial charge in [-0.25, -0.2) is 8.42 Å². The SMILES string of the molecule is COc1cc(C)c(S(=O)(=O)N(C)C2CCCCC2)cc1OC. The number of rotatable bonds is 5. The van der Waals surface area contributed by atoms with Crippen molar-refractivity contribution >= 4 is 10.0 Å². The topological polar surface area (TPSA) is 55.8 Å². The first kappa shape index (κ1) is 17.1. The Balaban J connectivity index is 2.40. The Kier molecular flexibility index (Phi) is 5.34. The van der Waals surface area contributed by atoms with Crippen molar-refractivity contribution in [1.29, 1.82) is 0 Å². The first-order chi connectivity index (χ1) is 10.4. The molecule has 124 valence electrons. The number of hydrogen-bond acceptors (Lipinski definition) is 4. The second kappa shape index (κ2) is 6.87. The van der Waals surface area contributed by atoms with Crippen LogP contribution in [-0.4, -0.2) is 40.0 Å². The Hall–Kier alpha value is -1.27. The minimum absolute atomic E-state index is 0.0891. The predicted molar refractivity (Wildman–Crippen MR) is 86.1 cm³/mol. The maximum atomic E-state index is 12.9. The summed E-state index contributed by atoms with van der Waals surface area (Å²) in [6, 6.07) is 3.36. The van der Waals surface area contributed by atoms with Crippen LogP contribution < -0.4 is 9.47 Å². The average molecular weight is 327 g/mol. The molecule has 0 atom stereocenters. The predicted octanol–water partition coefficient (Wildman–Crippen LogP) is 2.97. The van der Waals surface area contributed by atoms with Crippen LogP contribution >= 0.6 is 0 Å². The van der Waals surface area contributed by atoms with E-state index in [0.29, 0.717) is 22.0 Å². The van der Waals surface area contributed by atoms with Gasteiger partial charge in [0.2, 0.25) is 10.0 Å². The Morgan fingerprint density at radius 2 is 1.59 bits per heavy atom. The maximum absolute atomic E-state index is 12.9. The number of ether oxygens (including phenoxy) is 2. The van der Waals surface area contributed by atoms with Gasteiger partial charge in [0.15, 0.2) is 11.5 Å². The van der Waals surface area contributed by atoms with Gasteiger partial charge in [-0.3, -0.25) is 0 Å². The standard InChI is InChI=1S/C16H25NO4S/c1-12-10-14(20-3)15(21-4)11-16(12)22(18,19)17(2)13-8-6-5-7-9-13/h10-11,13H,5-9H2,1-4H3. The average Bonchev–Trinajstić information content (AvgIpc) is 2.54. The molecule has 0 saturated heterocycles. The van der Waals surface area contributed by atoms with Crippen LogP contribution in [0.3, 0.4) is 0 Å². The number of nitrogens with zero attached hydrogens (tertiary/aromatic N) is 1. The highest BCUT2D eigenvalue weighted by molar-refractivity contribution is 7.89. The molecular weight excluding hydrogens is 302 g/mol.